The van der Waals surface area contributed by atoms with Gasteiger partial charge in [-0.15, -0.1) is 0 Å². The second-order valence-corrected chi connectivity index (χ2v) is 3.76. The van der Waals surface area contributed by atoms with Crippen LogP contribution in [0.1, 0.15) is 5.56 Å². The standard InChI is InChI=1S/C14H7N3O2/c15-8-10(9-16)7-11-3-1-5-13-12(11)4-2-6-14(13)17(18)19/h1-7H. The minimum Gasteiger partial charge on any atom is -0.258 e. The molecule has 0 bridgehead atoms. The maximum Gasteiger partial charge on any atom is 0.277 e. The summed E-state index contributed by atoms with van der Waals surface area (Å²) in [5.74, 6) is 0. The molecule has 5 nitrogen and oxygen atoms in total. The zero-order chi connectivity index (χ0) is 13.8. The van der Waals surface area contributed by atoms with E-state index in [9.17, 15) is 10.1 Å². The molecule has 90 valence electrons. The molecule has 0 saturated carbocycles. The summed E-state index contributed by atoms with van der Waals surface area (Å²) in [5, 5.41) is 29.6. The highest BCUT2D eigenvalue weighted by Crippen LogP contribution is 2.28. The Balaban J connectivity index is 2.77. The van der Waals surface area contributed by atoms with Gasteiger partial charge in [0.1, 0.15) is 17.7 Å². The Kier molecular flexibility index (Phi) is 3.22. The summed E-state index contributed by atoms with van der Waals surface area (Å²) in [4.78, 5) is 10.5. The molecule has 0 aromatic heterocycles. The lowest BCUT2D eigenvalue weighted by Gasteiger charge is -2.02. The lowest BCUT2D eigenvalue weighted by molar-refractivity contribution is -0.383. The third kappa shape index (κ3) is 2.26. The van der Waals surface area contributed by atoms with Crippen molar-refractivity contribution in [1.29, 1.82) is 10.5 Å². The van der Waals surface area contributed by atoms with Gasteiger partial charge in [-0.3, -0.25) is 10.1 Å². The van der Waals surface area contributed by atoms with Crippen LogP contribution in [0.25, 0.3) is 16.8 Å². The van der Waals surface area contributed by atoms with Crippen LogP contribution in [0, 0.1) is 32.8 Å². The molecule has 0 radical (unpaired) electrons. The Morgan fingerprint density at radius 2 is 1.74 bits per heavy atom. The largest absolute Gasteiger partial charge is 0.277 e. The van der Waals surface area contributed by atoms with E-state index >= 15 is 0 Å². The highest BCUT2D eigenvalue weighted by molar-refractivity contribution is 5.97. The van der Waals surface area contributed by atoms with Crippen LogP contribution in [0.15, 0.2) is 42.0 Å². The third-order valence-electron chi connectivity index (χ3n) is 2.67. The van der Waals surface area contributed by atoms with Gasteiger partial charge in [0.2, 0.25) is 0 Å². The highest BCUT2D eigenvalue weighted by atomic mass is 16.6. The highest BCUT2D eigenvalue weighted by Gasteiger charge is 2.12. The van der Waals surface area contributed by atoms with Crippen molar-refractivity contribution in [2.45, 2.75) is 0 Å². The smallest absolute Gasteiger partial charge is 0.258 e. The first-order valence-electron chi connectivity index (χ1n) is 5.35. The van der Waals surface area contributed by atoms with E-state index in [0.717, 1.165) is 0 Å². The fourth-order valence-corrected chi connectivity index (χ4v) is 1.85. The number of hydrogen-bond donors (Lipinski definition) is 0. The maximum absolute atomic E-state index is 10.9. The lowest BCUT2D eigenvalue weighted by atomic mass is 10.0. The number of nitro benzene ring substituents is 1. The number of nitriles is 2. The molecule has 2 rings (SSSR count). The molecule has 0 atom stereocenters. The van der Waals surface area contributed by atoms with E-state index in [-0.39, 0.29) is 11.3 Å². The van der Waals surface area contributed by atoms with Crippen molar-refractivity contribution < 1.29 is 4.92 Å². The molecule has 0 unspecified atom stereocenters. The number of nitrogens with zero attached hydrogens (tertiary/aromatic N) is 3. The van der Waals surface area contributed by atoms with Crippen LogP contribution in [-0.4, -0.2) is 4.92 Å². The number of allylic oxidation sites excluding steroid dienone is 1. The minimum absolute atomic E-state index is 0.00298. The van der Waals surface area contributed by atoms with E-state index in [1.54, 1.807) is 42.5 Å². The monoisotopic (exact) mass is 249 g/mol. The van der Waals surface area contributed by atoms with Crippen LogP contribution in [0.2, 0.25) is 0 Å². The topological polar surface area (TPSA) is 90.7 Å². The van der Waals surface area contributed by atoms with Gasteiger partial charge < -0.3 is 0 Å². The Morgan fingerprint density at radius 3 is 2.37 bits per heavy atom. The first-order chi connectivity index (χ1) is 9.17. The molecule has 0 heterocycles. The van der Waals surface area contributed by atoms with Crippen molar-refractivity contribution in [2.24, 2.45) is 0 Å². The van der Waals surface area contributed by atoms with E-state index < -0.39 is 4.92 Å². The van der Waals surface area contributed by atoms with Gasteiger partial charge in [-0.1, -0.05) is 24.3 Å². The van der Waals surface area contributed by atoms with Crippen LogP contribution in [0.5, 0.6) is 0 Å². The minimum atomic E-state index is -0.453. The second kappa shape index (κ2) is 4.99. The second-order valence-electron chi connectivity index (χ2n) is 3.76. The van der Waals surface area contributed by atoms with E-state index in [1.807, 2.05) is 0 Å². The normalized spacial score (nSPS) is 9.37. The van der Waals surface area contributed by atoms with Gasteiger partial charge in [-0.05, 0) is 23.1 Å². The molecule has 0 amide bonds. The summed E-state index contributed by atoms with van der Waals surface area (Å²) in [7, 11) is 0. The van der Waals surface area contributed by atoms with Gasteiger partial charge in [-0.25, -0.2) is 0 Å². The van der Waals surface area contributed by atoms with E-state index in [0.29, 0.717) is 16.3 Å². The van der Waals surface area contributed by atoms with Gasteiger partial charge in [0.05, 0.1) is 10.3 Å². The molecule has 0 saturated heterocycles. The molecule has 2 aromatic rings. The zero-order valence-electron chi connectivity index (χ0n) is 9.70. The fraction of sp³-hybridized carbons (Fsp3) is 0. The van der Waals surface area contributed by atoms with Crippen molar-refractivity contribution >= 4 is 22.5 Å². The molecule has 0 aliphatic carbocycles. The van der Waals surface area contributed by atoms with Crippen LogP contribution >= 0.6 is 0 Å². The summed E-state index contributed by atoms with van der Waals surface area (Å²) >= 11 is 0. The quantitative estimate of drug-likeness (QED) is 0.464. The average molecular weight is 249 g/mol. The van der Waals surface area contributed by atoms with Crippen molar-refractivity contribution in [3.8, 4) is 12.1 Å². The Morgan fingerprint density at radius 1 is 1.11 bits per heavy atom. The molecule has 2 aromatic carbocycles. The summed E-state index contributed by atoms with van der Waals surface area (Å²) in [6.07, 6.45) is 1.42. The zero-order valence-corrected chi connectivity index (χ0v) is 9.70. The van der Waals surface area contributed by atoms with Crippen molar-refractivity contribution in [1.82, 2.24) is 0 Å². The predicted molar refractivity (Wildman–Crippen MR) is 69.8 cm³/mol. The lowest BCUT2D eigenvalue weighted by Crippen LogP contribution is -1.90. The molecule has 5 heteroatoms. The molecule has 0 aliphatic heterocycles. The fourth-order valence-electron chi connectivity index (χ4n) is 1.85. The Hall–Kier alpha value is -3.18. The molecular weight excluding hydrogens is 242 g/mol. The molecule has 0 fully saturated rings. The Labute approximate surface area is 108 Å². The van der Waals surface area contributed by atoms with E-state index in [4.69, 9.17) is 10.5 Å². The van der Waals surface area contributed by atoms with Crippen LogP contribution < -0.4 is 0 Å². The number of nitro groups is 1. The number of hydrogen-bond acceptors (Lipinski definition) is 4. The van der Waals surface area contributed by atoms with Gasteiger partial charge >= 0.3 is 0 Å². The summed E-state index contributed by atoms with van der Waals surface area (Å²) in [6, 6.07) is 13.3. The van der Waals surface area contributed by atoms with Crippen molar-refractivity contribution in [2.75, 3.05) is 0 Å². The number of rotatable bonds is 2. The molecule has 0 aliphatic rings. The average Bonchev–Trinajstić information content (AvgIpc) is 2.44. The first-order valence-corrected chi connectivity index (χ1v) is 5.35. The van der Waals surface area contributed by atoms with Crippen LogP contribution in [-0.2, 0) is 0 Å². The number of fused-ring (bicyclic) bond motifs is 1. The third-order valence-corrected chi connectivity index (χ3v) is 2.67. The van der Waals surface area contributed by atoms with E-state index in [1.165, 1.54) is 12.1 Å². The number of non-ortho nitro benzene ring substituents is 1. The predicted octanol–water partition coefficient (Wildman–Crippen LogP) is 3.18. The number of benzene rings is 2. The molecule has 19 heavy (non-hydrogen) atoms. The van der Waals surface area contributed by atoms with Crippen molar-refractivity contribution in [3.63, 3.8) is 0 Å². The first kappa shape index (κ1) is 12.3. The van der Waals surface area contributed by atoms with Crippen molar-refractivity contribution in [3.05, 3.63) is 57.6 Å². The van der Waals surface area contributed by atoms with Gasteiger partial charge in [0, 0.05) is 6.07 Å². The van der Waals surface area contributed by atoms with Gasteiger partial charge in [0.15, 0.2) is 0 Å². The van der Waals surface area contributed by atoms with Gasteiger partial charge in [-0.2, -0.15) is 10.5 Å². The maximum atomic E-state index is 10.9. The van der Waals surface area contributed by atoms with Crippen LogP contribution in [0.4, 0.5) is 5.69 Å². The molecular formula is C14H7N3O2. The molecule has 0 N–H and O–H groups in total. The van der Waals surface area contributed by atoms with E-state index in [2.05, 4.69) is 0 Å². The Bertz CT molecular complexity index is 763. The summed E-state index contributed by atoms with van der Waals surface area (Å²) in [6.45, 7) is 0. The summed E-state index contributed by atoms with van der Waals surface area (Å²) < 4.78 is 0. The SMILES string of the molecule is N#CC(C#N)=Cc1cccc2c([N+](=O)[O-])cccc12. The van der Waals surface area contributed by atoms with Gasteiger partial charge in [0.25, 0.3) is 5.69 Å². The van der Waals surface area contributed by atoms with Crippen LogP contribution in [0.3, 0.4) is 0 Å². The summed E-state index contributed by atoms with van der Waals surface area (Å²) in [5.41, 5.74) is 0.571. The molecule has 0 spiro atoms.